The highest BCUT2D eigenvalue weighted by molar-refractivity contribution is 5.91. The molecule has 1 aromatic heterocycles. The first-order valence-corrected chi connectivity index (χ1v) is 10.2. The largest absolute Gasteiger partial charge is 0.356 e. The average Bonchev–Trinajstić information content (AvgIpc) is 2.75. The third kappa shape index (κ3) is 5.11. The summed E-state index contributed by atoms with van der Waals surface area (Å²) in [6.45, 7) is 4.29. The molecule has 0 unspecified atom stereocenters. The molecule has 30 heavy (non-hydrogen) atoms. The molecule has 0 spiro atoms. The predicted molar refractivity (Wildman–Crippen MR) is 117 cm³/mol. The van der Waals surface area contributed by atoms with Crippen molar-refractivity contribution in [3.63, 3.8) is 0 Å². The molecule has 0 fully saturated rings. The monoisotopic (exact) mass is 406 g/mol. The predicted octanol–water partition coefficient (Wildman–Crippen LogP) is 2.67. The number of hydrogen-bond donors (Lipinski definition) is 2. The molecule has 0 aliphatic rings. The minimum absolute atomic E-state index is 0.132. The van der Waals surface area contributed by atoms with E-state index in [1.54, 1.807) is 18.2 Å². The van der Waals surface area contributed by atoms with Crippen molar-refractivity contribution >= 4 is 28.5 Å². The number of benzene rings is 2. The Kier molecular flexibility index (Phi) is 6.95. The number of nitrogens with zero attached hydrogens (tertiary/aromatic N) is 2. The van der Waals surface area contributed by atoms with Crippen LogP contribution < -0.4 is 16.2 Å². The summed E-state index contributed by atoms with van der Waals surface area (Å²) in [5.41, 5.74) is 2.94. The van der Waals surface area contributed by atoms with Crippen molar-refractivity contribution in [2.45, 2.75) is 39.7 Å². The number of carbonyl (C=O) groups is 2. The molecule has 0 saturated carbocycles. The lowest BCUT2D eigenvalue weighted by Crippen LogP contribution is -2.32. The highest BCUT2D eigenvalue weighted by Crippen LogP contribution is 2.13. The fourth-order valence-corrected chi connectivity index (χ4v) is 3.30. The van der Waals surface area contributed by atoms with Gasteiger partial charge in [0.05, 0.1) is 11.0 Å². The van der Waals surface area contributed by atoms with Gasteiger partial charge in [-0.05, 0) is 43.2 Å². The molecule has 0 aliphatic heterocycles. The minimum atomic E-state index is -0.351. The molecule has 2 aromatic carbocycles. The van der Waals surface area contributed by atoms with Gasteiger partial charge < -0.3 is 10.6 Å². The third-order valence-electron chi connectivity index (χ3n) is 4.80. The van der Waals surface area contributed by atoms with E-state index in [-0.39, 0.29) is 42.5 Å². The van der Waals surface area contributed by atoms with Gasteiger partial charge in [0.25, 0.3) is 5.56 Å². The van der Waals surface area contributed by atoms with Crippen LogP contribution in [-0.4, -0.2) is 27.9 Å². The zero-order chi connectivity index (χ0) is 21.5. The maximum Gasteiger partial charge on any atom is 0.273 e. The van der Waals surface area contributed by atoms with Gasteiger partial charge in [0, 0.05) is 25.1 Å². The lowest BCUT2D eigenvalue weighted by molar-refractivity contribution is -0.121. The Labute approximate surface area is 175 Å². The van der Waals surface area contributed by atoms with Gasteiger partial charge in [-0.15, -0.1) is 0 Å². The van der Waals surface area contributed by atoms with E-state index in [0.717, 1.165) is 12.0 Å². The van der Waals surface area contributed by atoms with Crippen LogP contribution in [0.1, 0.15) is 31.5 Å². The molecule has 7 nitrogen and oxygen atoms in total. The lowest BCUT2D eigenvalue weighted by atomic mass is 10.1. The van der Waals surface area contributed by atoms with E-state index < -0.39 is 0 Å². The number of anilines is 1. The second-order valence-corrected chi connectivity index (χ2v) is 6.99. The highest BCUT2D eigenvalue weighted by atomic mass is 16.2. The summed E-state index contributed by atoms with van der Waals surface area (Å²) in [5, 5.41) is 5.58. The summed E-state index contributed by atoms with van der Waals surface area (Å²) >= 11 is 0. The first-order chi connectivity index (χ1) is 14.5. The van der Waals surface area contributed by atoms with E-state index in [2.05, 4.69) is 15.6 Å². The van der Waals surface area contributed by atoms with Crippen LogP contribution in [-0.2, 0) is 29.0 Å². The van der Waals surface area contributed by atoms with Crippen LogP contribution in [0.3, 0.4) is 0 Å². The van der Waals surface area contributed by atoms with E-state index in [1.807, 2.05) is 44.2 Å². The van der Waals surface area contributed by atoms with E-state index in [4.69, 9.17) is 0 Å². The SMILES string of the molecule is CCNC(=O)CCc1nc2ccccc2n(CC(=O)Nc2cccc(CC)c2)c1=O. The number of hydrogen-bond acceptors (Lipinski definition) is 4. The molecule has 0 atom stereocenters. The maximum atomic E-state index is 13.0. The van der Waals surface area contributed by atoms with Crippen LogP contribution in [0, 0.1) is 0 Å². The van der Waals surface area contributed by atoms with Crippen LogP contribution in [0.15, 0.2) is 53.3 Å². The lowest BCUT2D eigenvalue weighted by Gasteiger charge is -2.13. The van der Waals surface area contributed by atoms with Crippen LogP contribution >= 0.6 is 0 Å². The van der Waals surface area contributed by atoms with Crippen molar-refractivity contribution in [2.24, 2.45) is 0 Å². The van der Waals surface area contributed by atoms with Gasteiger partial charge in [-0.3, -0.25) is 19.0 Å². The molecule has 0 radical (unpaired) electrons. The number of aryl methyl sites for hydroxylation is 2. The Balaban J connectivity index is 1.87. The zero-order valence-electron chi connectivity index (χ0n) is 17.3. The fourth-order valence-electron chi connectivity index (χ4n) is 3.30. The Morgan fingerprint density at radius 2 is 1.83 bits per heavy atom. The molecule has 3 aromatic rings. The van der Waals surface area contributed by atoms with Gasteiger partial charge >= 0.3 is 0 Å². The van der Waals surface area contributed by atoms with E-state index >= 15 is 0 Å². The Hall–Kier alpha value is -3.48. The van der Waals surface area contributed by atoms with Crippen molar-refractivity contribution in [3.05, 3.63) is 70.1 Å². The number of nitrogens with one attached hydrogen (secondary N) is 2. The van der Waals surface area contributed by atoms with Crippen LogP contribution in [0.5, 0.6) is 0 Å². The number of rotatable bonds is 8. The Morgan fingerprint density at radius 3 is 2.60 bits per heavy atom. The molecule has 2 N–H and O–H groups in total. The molecule has 7 heteroatoms. The molecule has 0 aliphatic carbocycles. The summed E-state index contributed by atoms with van der Waals surface area (Å²) < 4.78 is 1.42. The molecule has 0 bridgehead atoms. The number of carbonyl (C=O) groups excluding carboxylic acids is 2. The molecular weight excluding hydrogens is 380 g/mol. The fraction of sp³-hybridized carbons (Fsp3) is 0.304. The maximum absolute atomic E-state index is 13.0. The van der Waals surface area contributed by atoms with Gasteiger partial charge in [-0.2, -0.15) is 0 Å². The van der Waals surface area contributed by atoms with Crippen molar-refractivity contribution < 1.29 is 9.59 Å². The quantitative estimate of drug-likeness (QED) is 0.601. The summed E-state index contributed by atoms with van der Waals surface area (Å²) in [5.74, 6) is -0.427. The van der Waals surface area contributed by atoms with Gasteiger partial charge in [-0.1, -0.05) is 31.2 Å². The number of amides is 2. The summed E-state index contributed by atoms with van der Waals surface area (Å²) in [6, 6.07) is 14.8. The first kappa shape index (κ1) is 21.2. The average molecular weight is 406 g/mol. The molecular formula is C23H26N4O3. The van der Waals surface area contributed by atoms with Gasteiger partial charge in [0.15, 0.2) is 0 Å². The summed E-state index contributed by atoms with van der Waals surface area (Å²) in [7, 11) is 0. The van der Waals surface area contributed by atoms with E-state index in [9.17, 15) is 14.4 Å². The Bertz CT molecular complexity index is 1120. The van der Waals surface area contributed by atoms with E-state index in [1.165, 1.54) is 4.57 Å². The van der Waals surface area contributed by atoms with Crippen LogP contribution in [0.25, 0.3) is 11.0 Å². The van der Waals surface area contributed by atoms with E-state index in [0.29, 0.717) is 23.3 Å². The van der Waals surface area contributed by atoms with Crippen LogP contribution in [0.2, 0.25) is 0 Å². The molecule has 1 heterocycles. The molecule has 0 saturated heterocycles. The van der Waals surface area contributed by atoms with Crippen molar-refractivity contribution in [1.29, 1.82) is 0 Å². The molecule has 156 valence electrons. The smallest absolute Gasteiger partial charge is 0.273 e. The standard InChI is InChI=1S/C23H26N4O3/c1-3-16-8-7-9-17(14-16)25-22(29)15-27-20-11-6-5-10-18(20)26-19(23(27)30)12-13-21(28)24-4-2/h5-11,14H,3-4,12-13,15H2,1-2H3,(H,24,28)(H,25,29). The molecule has 3 rings (SSSR count). The topological polar surface area (TPSA) is 93.1 Å². The highest BCUT2D eigenvalue weighted by Gasteiger charge is 2.15. The first-order valence-electron chi connectivity index (χ1n) is 10.2. The van der Waals surface area contributed by atoms with Crippen molar-refractivity contribution in [3.8, 4) is 0 Å². The number of fused-ring (bicyclic) bond motifs is 1. The minimum Gasteiger partial charge on any atom is -0.356 e. The zero-order valence-corrected chi connectivity index (χ0v) is 17.3. The molecule has 2 amide bonds. The van der Waals surface area contributed by atoms with Gasteiger partial charge in [0.1, 0.15) is 12.2 Å². The second kappa shape index (κ2) is 9.82. The van der Waals surface area contributed by atoms with Crippen molar-refractivity contribution in [2.75, 3.05) is 11.9 Å². The van der Waals surface area contributed by atoms with Gasteiger partial charge in [-0.25, -0.2) is 4.98 Å². The van der Waals surface area contributed by atoms with Crippen LogP contribution in [0.4, 0.5) is 5.69 Å². The summed E-state index contributed by atoms with van der Waals surface area (Å²) in [4.78, 5) is 41.9. The second-order valence-electron chi connectivity index (χ2n) is 6.99. The van der Waals surface area contributed by atoms with Crippen molar-refractivity contribution in [1.82, 2.24) is 14.9 Å². The number of aromatic nitrogens is 2. The third-order valence-corrected chi connectivity index (χ3v) is 4.80. The van der Waals surface area contributed by atoms with Gasteiger partial charge in [0.2, 0.25) is 11.8 Å². The normalized spacial score (nSPS) is 10.7. The summed E-state index contributed by atoms with van der Waals surface area (Å²) in [6.07, 6.45) is 1.26. The Morgan fingerprint density at radius 1 is 1.03 bits per heavy atom. The number of para-hydroxylation sites is 2.